The molecule has 1 N–H and O–H groups in total. The topological polar surface area (TPSA) is 38.3 Å². The first-order valence-electron chi connectivity index (χ1n) is 8.66. The Balaban J connectivity index is 1.65. The highest BCUT2D eigenvalue weighted by Gasteiger charge is 2.24. The number of carbonyl (C=O) groups excluding carboxylic acids is 1. The molecule has 1 aliphatic carbocycles. The van der Waals surface area contributed by atoms with E-state index in [1.54, 1.807) is 6.92 Å². The van der Waals surface area contributed by atoms with Crippen LogP contribution >= 0.6 is 0 Å². The highest BCUT2D eigenvalue weighted by atomic mass is 16.5. The molecule has 1 aliphatic rings. The maximum atomic E-state index is 12.5. The maximum absolute atomic E-state index is 12.5. The van der Waals surface area contributed by atoms with E-state index in [4.69, 9.17) is 4.74 Å². The summed E-state index contributed by atoms with van der Waals surface area (Å²) in [6, 6.07) is 14.4. The van der Waals surface area contributed by atoms with Gasteiger partial charge in [-0.2, -0.15) is 0 Å². The fourth-order valence-corrected chi connectivity index (χ4v) is 3.24. The van der Waals surface area contributed by atoms with Crippen molar-refractivity contribution in [1.29, 1.82) is 0 Å². The molecule has 24 heavy (non-hydrogen) atoms. The van der Waals surface area contributed by atoms with Crippen LogP contribution in [-0.4, -0.2) is 12.0 Å². The second kappa shape index (κ2) is 7.08. The lowest BCUT2D eigenvalue weighted by molar-refractivity contribution is -0.128. The second-order valence-electron chi connectivity index (χ2n) is 6.66. The molecule has 3 heteroatoms. The standard InChI is InChI=1S/C21H25NO2/c1-14-11-12-18(13-15(14)2)24-16(3)21(23)22-20-10-6-8-17-7-4-5-9-19(17)20/h4-5,7,9,11-13,16,20H,6,8,10H2,1-3H3,(H,22,23)/t16-,20+/m1/s1. The van der Waals surface area contributed by atoms with Gasteiger partial charge in [0.15, 0.2) is 6.10 Å². The number of hydrogen-bond donors (Lipinski definition) is 1. The van der Waals surface area contributed by atoms with Crippen LogP contribution in [0.4, 0.5) is 0 Å². The van der Waals surface area contributed by atoms with Crippen molar-refractivity contribution < 1.29 is 9.53 Å². The highest BCUT2D eigenvalue weighted by molar-refractivity contribution is 5.81. The van der Waals surface area contributed by atoms with Crippen LogP contribution in [0.3, 0.4) is 0 Å². The SMILES string of the molecule is Cc1ccc(O[C@H](C)C(=O)N[C@H]2CCCc3ccccc32)cc1C. The van der Waals surface area contributed by atoms with Crippen LogP contribution in [-0.2, 0) is 11.2 Å². The van der Waals surface area contributed by atoms with Gasteiger partial charge in [-0.05, 0) is 74.4 Å². The number of benzene rings is 2. The zero-order valence-corrected chi connectivity index (χ0v) is 14.6. The highest BCUT2D eigenvalue weighted by Crippen LogP contribution is 2.29. The van der Waals surface area contributed by atoms with Gasteiger partial charge in [0.25, 0.3) is 5.91 Å². The first kappa shape index (κ1) is 16.6. The molecule has 0 aliphatic heterocycles. The van der Waals surface area contributed by atoms with Crippen molar-refractivity contribution in [2.45, 2.75) is 52.2 Å². The molecule has 0 bridgehead atoms. The molecule has 1 amide bonds. The van der Waals surface area contributed by atoms with Crippen LogP contribution < -0.4 is 10.1 Å². The molecule has 0 heterocycles. The van der Waals surface area contributed by atoms with Crippen LogP contribution in [0.15, 0.2) is 42.5 Å². The maximum Gasteiger partial charge on any atom is 0.261 e. The summed E-state index contributed by atoms with van der Waals surface area (Å²) in [7, 11) is 0. The van der Waals surface area contributed by atoms with Crippen molar-refractivity contribution in [3.63, 3.8) is 0 Å². The van der Waals surface area contributed by atoms with Crippen LogP contribution in [0, 0.1) is 13.8 Å². The number of ether oxygens (including phenoxy) is 1. The number of nitrogens with one attached hydrogen (secondary N) is 1. The Bertz CT molecular complexity index is 738. The van der Waals surface area contributed by atoms with Crippen molar-refractivity contribution in [2.24, 2.45) is 0 Å². The molecule has 0 aromatic heterocycles. The number of amides is 1. The largest absolute Gasteiger partial charge is 0.481 e. The van der Waals surface area contributed by atoms with Gasteiger partial charge < -0.3 is 10.1 Å². The smallest absolute Gasteiger partial charge is 0.261 e. The quantitative estimate of drug-likeness (QED) is 0.913. The zero-order valence-electron chi connectivity index (χ0n) is 14.6. The Kier molecular flexibility index (Phi) is 4.89. The van der Waals surface area contributed by atoms with E-state index < -0.39 is 6.10 Å². The number of rotatable bonds is 4. The molecule has 0 saturated carbocycles. The lowest BCUT2D eigenvalue weighted by Gasteiger charge is -2.27. The third kappa shape index (κ3) is 3.61. The van der Waals surface area contributed by atoms with E-state index >= 15 is 0 Å². The number of carbonyl (C=O) groups is 1. The normalized spacial score (nSPS) is 17.7. The number of fused-ring (bicyclic) bond motifs is 1. The minimum atomic E-state index is -0.513. The molecule has 2 aromatic carbocycles. The predicted octanol–water partition coefficient (Wildman–Crippen LogP) is 4.26. The molecular formula is C21H25NO2. The molecule has 2 aromatic rings. The van der Waals surface area contributed by atoms with Gasteiger partial charge >= 0.3 is 0 Å². The average Bonchev–Trinajstić information content (AvgIpc) is 2.58. The summed E-state index contributed by atoms with van der Waals surface area (Å²) in [5.74, 6) is 0.680. The Labute approximate surface area is 144 Å². The van der Waals surface area contributed by atoms with Gasteiger partial charge in [0.2, 0.25) is 0 Å². The van der Waals surface area contributed by atoms with Gasteiger partial charge in [0, 0.05) is 0 Å². The molecule has 2 atom stereocenters. The van der Waals surface area contributed by atoms with Gasteiger partial charge in [-0.25, -0.2) is 0 Å². The van der Waals surface area contributed by atoms with Crippen molar-refractivity contribution in [2.75, 3.05) is 0 Å². The first-order valence-corrected chi connectivity index (χ1v) is 8.66. The molecule has 0 saturated heterocycles. The van der Waals surface area contributed by atoms with Crippen molar-refractivity contribution in [3.8, 4) is 5.75 Å². The number of aryl methyl sites for hydroxylation is 3. The van der Waals surface area contributed by atoms with E-state index in [9.17, 15) is 4.79 Å². The van der Waals surface area contributed by atoms with Crippen LogP contribution in [0.25, 0.3) is 0 Å². The molecule has 3 nitrogen and oxygen atoms in total. The zero-order chi connectivity index (χ0) is 17.1. The summed E-state index contributed by atoms with van der Waals surface area (Å²) in [6.07, 6.45) is 2.67. The van der Waals surface area contributed by atoms with Crippen molar-refractivity contribution in [1.82, 2.24) is 5.32 Å². The van der Waals surface area contributed by atoms with Gasteiger partial charge in [-0.15, -0.1) is 0 Å². The Hall–Kier alpha value is -2.29. The molecule has 3 rings (SSSR count). The average molecular weight is 323 g/mol. The predicted molar refractivity (Wildman–Crippen MR) is 96.3 cm³/mol. The van der Waals surface area contributed by atoms with E-state index in [1.165, 1.54) is 22.3 Å². The monoisotopic (exact) mass is 323 g/mol. The second-order valence-corrected chi connectivity index (χ2v) is 6.66. The molecule has 126 valence electrons. The molecular weight excluding hydrogens is 298 g/mol. The molecule has 0 fully saturated rings. The fourth-order valence-electron chi connectivity index (χ4n) is 3.24. The summed E-state index contributed by atoms with van der Waals surface area (Å²) in [6.45, 7) is 5.92. The summed E-state index contributed by atoms with van der Waals surface area (Å²) < 4.78 is 5.83. The van der Waals surface area contributed by atoms with E-state index in [0.29, 0.717) is 0 Å². The Morgan fingerprint density at radius 3 is 2.75 bits per heavy atom. The fraction of sp³-hybridized carbons (Fsp3) is 0.381. The minimum Gasteiger partial charge on any atom is -0.481 e. The van der Waals surface area contributed by atoms with E-state index in [0.717, 1.165) is 25.0 Å². The summed E-state index contributed by atoms with van der Waals surface area (Å²) in [5, 5.41) is 3.16. The van der Waals surface area contributed by atoms with E-state index in [2.05, 4.69) is 30.4 Å². The third-order valence-electron chi connectivity index (χ3n) is 4.85. The summed E-state index contributed by atoms with van der Waals surface area (Å²) >= 11 is 0. The van der Waals surface area contributed by atoms with Crippen LogP contribution in [0.2, 0.25) is 0 Å². The minimum absolute atomic E-state index is 0.0602. The van der Waals surface area contributed by atoms with E-state index in [-0.39, 0.29) is 11.9 Å². The van der Waals surface area contributed by atoms with Gasteiger partial charge in [0.1, 0.15) is 5.75 Å². The van der Waals surface area contributed by atoms with Crippen molar-refractivity contribution >= 4 is 5.91 Å². The van der Waals surface area contributed by atoms with Crippen LogP contribution in [0.5, 0.6) is 5.75 Å². The third-order valence-corrected chi connectivity index (χ3v) is 4.85. The Morgan fingerprint density at radius 1 is 1.17 bits per heavy atom. The lowest BCUT2D eigenvalue weighted by atomic mass is 9.87. The van der Waals surface area contributed by atoms with E-state index in [1.807, 2.05) is 31.2 Å². The first-order chi connectivity index (χ1) is 11.5. The van der Waals surface area contributed by atoms with Gasteiger partial charge in [-0.1, -0.05) is 30.3 Å². The summed E-state index contributed by atoms with van der Waals surface area (Å²) in [4.78, 5) is 12.5. The Morgan fingerprint density at radius 2 is 1.96 bits per heavy atom. The molecule has 0 radical (unpaired) electrons. The molecule has 0 unspecified atom stereocenters. The number of hydrogen-bond acceptors (Lipinski definition) is 2. The lowest BCUT2D eigenvalue weighted by Crippen LogP contribution is -2.39. The van der Waals surface area contributed by atoms with Crippen LogP contribution in [0.1, 0.15) is 48.1 Å². The van der Waals surface area contributed by atoms with Crippen molar-refractivity contribution in [3.05, 3.63) is 64.7 Å². The van der Waals surface area contributed by atoms with Gasteiger partial charge in [-0.3, -0.25) is 4.79 Å². The summed E-state index contributed by atoms with van der Waals surface area (Å²) in [5.41, 5.74) is 4.98. The van der Waals surface area contributed by atoms with Gasteiger partial charge in [0.05, 0.1) is 6.04 Å². The molecule has 0 spiro atoms.